The molecule has 28 heavy (non-hydrogen) atoms. The summed E-state index contributed by atoms with van der Waals surface area (Å²) in [5.74, 6) is -0.0415. The van der Waals surface area contributed by atoms with Gasteiger partial charge in [0.05, 0.1) is 5.02 Å². The standard InChI is InChI=1S/C20H18ClF3O3S/c1-28-15-5-3-13(4-6-15)16-9-14(19(27-12-25)7-2-8-19)10-17(21)18(16)26-11-20(22,23)24/h3-6,9-10,12H,2,7-8,11H2,1H3. The number of hydrogen-bond donors (Lipinski definition) is 0. The molecule has 2 aromatic rings. The Morgan fingerprint density at radius 1 is 1.21 bits per heavy atom. The van der Waals surface area contributed by atoms with Crippen LogP contribution in [0.5, 0.6) is 5.75 Å². The summed E-state index contributed by atoms with van der Waals surface area (Å²) in [5.41, 5.74) is 0.959. The number of carbonyl (C=O) groups excluding carboxylic acids is 1. The van der Waals surface area contributed by atoms with Gasteiger partial charge in [0.1, 0.15) is 11.4 Å². The number of benzene rings is 2. The Balaban J connectivity index is 2.09. The number of hydrogen-bond acceptors (Lipinski definition) is 4. The number of halogens is 4. The highest BCUT2D eigenvalue weighted by atomic mass is 35.5. The van der Waals surface area contributed by atoms with Crippen LogP contribution in [0.2, 0.25) is 5.02 Å². The summed E-state index contributed by atoms with van der Waals surface area (Å²) in [6.45, 7) is -1.05. The van der Waals surface area contributed by atoms with Crippen LogP contribution in [0.25, 0.3) is 11.1 Å². The third-order valence-corrected chi connectivity index (χ3v) is 5.81. The Labute approximate surface area is 170 Å². The van der Waals surface area contributed by atoms with Crippen molar-refractivity contribution in [2.75, 3.05) is 12.9 Å². The molecule has 3 rings (SSSR count). The molecule has 2 aromatic carbocycles. The van der Waals surface area contributed by atoms with Crippen LogP contribution in [-0.4, -0.2) is 25.5 Å². The summed E-state index contributed by atoms with van der Waals surface area (Å²) in [7, 11) is 0. The average Bonchev–Trinajstić information content (AvgIpc) is 2.62. The first-order valence-corrected chi connectivity index (χ1v) is 10.2. The van der Waals surface area contributed by atoms with Crippen molar-refractivity contribution in [2.24, 2.45) is 0 Å². The molecule has 0 atom stereocenters. The van der Waals surface area contributed by atoms with E-state index in [9.17, 15) is 18.0 Å². The minimum atomic E-state index is -4.49. The van der Waals surface area contributed by atoms with Crippen LogP contribution in [-0.2, 0) is 15.1 Å². The zero-order chi connectivity index (χ0) is 20.4. The largest absolute Gasteiger partial charge is 0.482 e. The van der Waals surface area contributed by atoms with Gasteiger partial charge in [-0.2, -0.15) is 13.2 Å². The van der Waals surface area contributed by atoms with Gasteiger partial charge < -0.3 is 9.47 Å². The molecule has 1 fully saturated rings. The maximum atomic E-state index is 12.7. The topological polar surface area (TPSA) is 35.5 Å². The average molecular weight is 431 g/mol. The molecule has 0 unspecified atom stereocenters. The Morgan fingerprint density at radius 3 is 2.39 bits per heavy atom. The predicted molar refractivity (Wildman–Crippen MR) is 103 cm³/mol. The normalized spacial score (nSPS) is 15.6. The molecule has 1 aliphatic rings. The maximum absolute atomic E-state index is 12.7. The van der Waals surface area contributed by atoms with Gasteiger partial charge in [0.2, 0.25) is 0 Å². The van der Waals surface area contributed by atoms with Gasteiger partial charge >= 0.3 is 6.18 Å². The number of alkyl halides is 3. The van der Waals surface area contributed by atoms with E-state index in [2.05, 4.69) is 0 Å². The minimum Gasteiger partial charge on any atom is -0.482 e. The van der Waals surface area contributed by atoms with Crippen molar-refractivity contribution >= 4 is 29.8 Å². The van der Waals surface area contributed by atoms with Crippen LogP contribution in [0.3, 0.4) is 0 Å². The summed E-state index contributed by atoms with van der Waals surface area (Å²) in [6, 6.07) is 10.6. The molecule has 1 aliphatic carbocycles. The van der Waals surface area contributed by atoms with Gasteiger partial charge in [0.15, 0.2) is 6.61 Å². The second-order valence-electron chi connectivity index (χ2n) is 6.53. The van der Waals surface area contributed by atoms with Crippen LogP contribution >= 0.6 is 23.4 Å². The smallest absolute Gasteiger partial charge is 0.422 e. The first-order chi connectivity index (χ1) is 13.3. The van der Waals surface area contributed by atoms with E-state index in [-0.39, 0.29) is 10.8 Å². The first kappa shape index (κ1) is 20.9. The molecular formula is C20H18ClF3O3S. The molecule has 0 aromatic heterocycles. The van der Waals surface area contributed by atoms with Gasteiger partial charge in [0, 0.05) is 10.5 Å². The molecule has 0 saturated heterocycles. The van der Waals surface area contributed by atoms with Crippen molar-refractivity contribution in [3.8, 4) is 16.9 Å². The van der Waals surface area contributed by atoms with Gasteiger partial charge in [-0.3, -0.25) is 4.79 Å². The third kappa shape index (κ3) is 4.41. The van der Waals surface area contributed by atoms with Crippen molar-refractivity contribution in [1.29, 1.82) is 0 Å². The molecular weight excluding hydrogens is 413 g/mol. The Morgan fingerprint density at radius 2 is 1.89 bits per heavy atom. The molecule has 150 valence electrons. The van der Waals surface area contributed by atoms with E-state index in [1.807, 2.05) is 18.4 Å². The predicted octanol–water partition coefficient (Wildman–Crippen LogP) is 6.22. The molecule has 0 spiro atoms. The number of carbonyl (C=O) groups is 1. The van der Waals surface area contributed by atoms with E-state index >= 15 is 0 Å². The lowest BCUT2D eigenvalue weighted by Crippen LogP contribution is -2.37. The lowest BCUT2D eigenvalue weighted by Gasteiger charge is -2.40. The SMILES string of the molecule is CSc1ccc(-c2cc(C3(OC=O)CCC3)cc(Cl)c2OCC(F)(F)F)cc1. The molecule has 0 N–H and O–H groups in total. The molecule has 0 amide bonds. The van der Waals surface area contributed by atoms with E-state index in [0.29, 0.717) is 36.0 Å². The first-order valence-electron chi connectivity index (χ1n) is 8.57. The van der Waals surface area contributed by atoms with Crippen molar-refractivity contribution in [3.63, 3.8) is 0 Å². The van der Waals surface area contributed by atoms with Crippen molar-refractivity contribution in [2.45, 2.75) is 35.9 Å². The highest BCUT2D eigenvalue weighted by Crippen LogP contribution is 2.48. The maximum Gasteiger partial charge on any atom is 0.422 e. The van der Waals surface area contributed by atoms with E-state index in [0.717, 1.165) is 11.3 Å². The van der Waals surface area contributed by atoms with Gasteiger partial charge in [-0.1, -0.05) is 23.7 Å². The zero-order valence-corrected chi connectivity index (χ0v) is 16.6. The summed E-state index contributed by atoms with van der Waals surface area (Å²) < 4.78 is 48.5. The molecule has 3 nitrogen and oxygen atoms in total. The lowest BCUT2D eigenvalue weighted by molar-refractivity contribution is -0.155. The van der Waals surface area contributed by atoms with Gasteiger partial charge in [-0.25, -0.2) is 0 Å². The van der Waals surface area contributed by atoms with Gasteiger partial charge in [0.25, 0.3) is 6.47 Å². The molecule has 1 saturated carbocycles. The van der Waals surface area contributed by atoms with Gasteiger partial charge in [-0.15, -0.1) is 11.8 Å². The zero-order valence-electron chi connectivity index (χ0n) is 15.0. The van der Waals surface area contributed by atoms with Crippen LogP contribution in [0.4, 0.5) is 13.2 Å². The molecule has 0 heterocycles. The van der Waals surface area contributed by atoms with Crippen molar-refractivity contribution in [3.05, 3.63) is 47.0 Å². The van der Waals surface area contributed by atoms with E-state index < -0.39 is 18.4 Å². The molecule has 0 radical (unpaired) electrons. The van der Waals surface area contributed by atoms with E-state index in [1.165, 1.54) is 6.07 Å². The Bertz CT molecular complexity index is 849. The fourth-order valence-electron chi connectivity index (χ4n) is 3.21. The quantitative estimate of drug-likeness (QED) is 0.385. The van der Waals surface area contributed by atoms with E-state index in [1.54, 1.807) is 30.0 Å². The van der Waals surface area contributed by atoms with Crippen LogP contribution in [0, 0.1) is 0 Å². The Hall–Kier alpha value is -1.86. The fourth-order valence-corrected chi connectivity index (χ4v) is 3.89. The minimum absolute atomic E-state index is 0.0415. The van der Waals surface area contributed by atoms with Crippen LogP contribution < -0.4 is 4.74 Å². The number of thioether (sulfide) groups is 1. The summed E-state index contributed by atoms with van der Waals surface area (Å²) in [5, 5.41) is 0.0477. The van der Waals surface area contributed by atoms with Gasteiger partial charge in [-0.05, 0) is 60.9 Å². The summed E-state index contributed by atoms with van der Waals surface area (Å²) in [4.78, 5) is 12.0. The number of rotatable bonds is 7. The van der Waals surface area contributed by atoms with Crippen LogP contribution in [0.15, 0.2) is 41.3 Å². The summed E-state index contributed by atoms with van der Waals surface area (Å²) in [6.07, 6.45) is -0.403. The third-order valence-electron chi connectivity index (χ3n) is 4.79. The molecule has 0 bridgehead atoms. The highest BCUT2D eigenvalue weighted by Gasteiger charge is 2.42. The molecule has 0 aliphatic heterocycles. The van der Waals surface area contributed by atoms with Crippen LogP contribution in [0.1, 0.15) is 24.8 Å². The second kappa shape index (κ2) is 8.25. The molecule has 8 heteroatoms. The highest BCUT2D eigenvalue weighted by molar-refractivity contribution is 7.98. The number of ether oxygens (including phenoxy) is 2. The lowest BCUT2D eigenvalue weighted by atomic mass is 9.74. The fraction of sp³-hybridized carbons (Fsp3) is 0.350. The van der Waals surface area contributed by atoms with Crippen molar-refractivity contribution < 1.29 is 27.4 Å². The second-order valence-corrected chi connectivity index (χ2v) is 7.82. The van der Waals surface area contributed by atoms with E-state index in [4.69, 9.17) is 21.1 Å². The summed E-state index contributed by atoms with van der Waals surface area (Å²) >= 11 is 7.87. The van der Waals surface area contributed by atoms with Crippen molar-refractivity contribution in [1.82, 2.24) is 0 Å². The Kier molecular flexibility index (Phi) is 6.15. The monoisotopic (exact) mass is 430 g/mol.